The number of carboxylic acid groups (broad SMARTS) is 1. The molecule has 5 rings (SSSR count). The molecule has 1 aromatic rings. The number of amides is 2. The van der Waals surface area contributed by atoms with Gasteiger partial charge in [-0.15, -0.1) is 0 Å². The lowest BCUT2D eigenvalue weighted by molar-refractivity contribution is -0.147. The van der Waals surface area contributed by atoms with Crippen molar-refractivity contribution in [3.05, 3.63) is 23.3 Å². The van der Waals surface area contributed by atoms with Crippen molar-refractivity contribution >= 4 is 12.0 Å². The molecule has 5 atom stereocenters. The smallest absolute Gasteiger partial charge is 0.318 e. The number of hydrogen-bond donors (Lipinski definition) is 2. The average molecular weight is 370 g/mol. The molecule has 0 radical (unpaired) electrons. The summed E-state index contributed by atoms with van der Waals surface area (Å²) in [4.78, 5) is 35.6. The Hall–Kier alpha value is -2.18. The van der Waals surface area contributed by atoms with E-state index in [9.17, 15) is 14.7 Å². The lowest BCUT2D eigenvalue weighted by atomic mass is 9.80. The van der Waals surface area contributed by atoms with E-state index < -0.39 is 11.4 Å². The molecule has 3 heterocycles. The summed E-state index contributed by atoms with van der Waals surface area (Å²) in [5, 5.41) is 12.4. The van der Waals surface area contributed by atoms with Gasteiger partial charge in [0.2, 0.25) is 0 Å². The Morgan fingerprint density at radius 2 is 2.07 bits per heavy atom. The van der Waals surface area contributed by atoms with Crippen LogP contribution in [-0.2, 0) is 16.6 Å². The Balaban J connectivity index is 1.33. The topological polar surface area (TPSA) is 95.4 Å². The predicted octanol–water partition coefficient (Wildman–Crippen LogP) is 2.41. The van der Waals surface area contributed by atoms with E-state index in [1.54, 1.807) is 0 Å². The summed E-state index contributed by atoms with van der Waals surface area (Å²) in [6, 6.07) is 0.169. The van der Waals surface area contributed by atoms with Crippen LogP contribution in [0.5, 0.6) is 0 Å². The minimum Gasteiger partial charge on any atom is -0.481 e. The summed E-state index contributed by atoms with van der Waals surface area (Å²) < 4.78 is 0. The van der Waals surface area contributed by atoms with Crippen LogP contribution < -0.4 is 5.32 Å². The molecule has 7 nitrogen and oxygen atoms in total. The van der Waals surface area contributed by atoms with Crippen LogP contribution in [0.2, 0.25) is 0 Å². The van der Waals surface area contributed by atoms with E-state index in [2.05, 4.69) is 31.1 Å². The second-order valence-corrected chi connectivity index (χ2v) is 9.74. The maximum atomic E-state index is 13.0. The van der Waals surface area contributed by atoms with Gasteiger partial charge in [0, 0.05) is 35.7 Å². The van der Waals surface area contributed by atoms with Gasteiger partial charge >= 0.3 is 12.0 Å². The summed E-state index contributed by atoms with van der Waals surface area (Å²) in [5.41, 5.74) is 1.53. The summed E-state index contributed by atoms with van der Waals surface area (Å²) in [5.74, 6) is 0.259. The number of carboxylic acids is 1. The van der Waals surface area contributed by atoms with Gasteiger partial charge in [-0.1, -0.05) is 20.8 Å². The first-order chi connectivity index (χ1) is 12.7. The summed E-state index contributed by atoms with van der Waals surface area (Å²) >= 11 is 0. The zero-order chi connectivity index (χ0) is 19.1. The van der Waals surface area contributed by atoms with Crippen LogP contribution in [0, 0.1) is 11.3 Å². The monoisotopic (exact) mass is 370 g/mol. The summed E-state index contributed by atoms with van der Waals surface area (Å²) in [7, 11) is 0. The Morgan fingerprint density at radius 1 is 1.30 bits per heavy atom. The van der Waals surface area contributed by atoms with Crippen LogP contribution >= 0.6 is 0 Å². The zero-order valence-electron chi connectivity index (χ0n) is 16.0. The van der Waals surface area contributed by atoms with Gasteiger partial charge in [-0.2, -0.15) is 0 Å². The minimum absolute atomic E-state index is 0.00825. The molecule has 3 fully saturated rings. The number of hydrogen-bond acceptors (Lipinski definition) is 4. The molecule has 2 amide bonds. The number of fused-ring (bicyclic) bond motifs is 5. The Kier molecular flexibility index (Phi) is 3.27. The molecule has 2 unspecified atom stereocenters. The van der Waals surface area contributed by atoms with Crippen molar-refractivity contribution in [3.8, 4) is 0 Å². The number of nitrogens with zero attached hydrogens (tertiary/aromatic N) is 3. The molecular formula is C20H26N4O3. The normalized spacial score (nSPS) is 35.7. The molecule has 4 aliphatic rings. The van der Waals surface area contributed by atoms with E-state index in [-0.39, 0.29) is 35.5 Å². The van der Waals surface area contributed by atoms with Gasteiger partial charge in [0.1, 0.15) is 5.82 Å². The van der Waals surface area contributed by atoms with E-state index in [0.29, 0.717) is 12.8 Å². The second kappa shape index (κ2) is 5.20. The number of aromatic nitrogens is 2. The van der Waals surface area contributed by atoms with E-state index in [4.69, 9.17) is 4.98 Å². The standard InChI is InChI=1S/C20H26N4O3/c1-19(2,3)16-21-9-11-13(22-16)6-10-4-5-15(11)24(10)18(27)23-14-8-20(17(25)26)7-12(14)20/h9-10,12,14-15H,4-8H2,1-3H3,(H,23,27)(H,25,26)/t10?,12-,14-,15?,20-/m1/s1. The lowest BCUT2D eigenvalue weighted by Gasteiger charge is -2.39. The number of urea groups is 1. The van der Waals surface area contributed by atoms with Crippen LogP contribution in [0.3, 0.4) is 0 Å². The van der Waals surface area contributed by atoms with Crippen molar-refractivity contribution in [1.82, 2.24) is 20.2 Å². The fourth-order valence-corrected chi connectivity index (χ4v) is 5.34. The summed E-state index contributed by atoms with van der Waals surface area (Å²) in [6.45, 7) is 6.33. The number of carbonyl (C=O) groups excluding carboxylic acids is 1. The third-order valence-electron chi connectivity index (χ3n) is 7.03. The molecule has 2 aliphatic carbocycles. The third-order valence-corrected chi connectivity index (χ3v) is 7.03. The number of aliphatic carboxylic acids is 1. The van der Waals surface area contributed by atoms with E-state index in [0.717, 1.165) is 36.3 Å². The van der Waals surface area contributed by atoms with E-state index >= 15 is 0 Å². The minimum atomic E-state index is -0.711. The van der Waals surface area contributed by atoms with Gasteiger partial charge in [0.05, 0.1) is 17.2 Å². The predicted molar refractivity (Wildman–Crippen MR) is 97.2 cm³/mol. The van der Waals surface area contributed by atoms with Gasteiger partial charge in [0.15, 0.2) is 0 Å². The van der Waals surface area contributed by atoms with E-state index in [1.165, 1.54) is 0 Å². The van der Waals surface area contributed by atoms with Crippen LogP contribution in [0.25, 0.3) is 0 Å². The number of carbonyl (C=O) groups is 2. The first-order valence-electron chi connectivity index (χ1n) is 9.89. The Bertz CT molecular complexity index is 848. The Morgan fingerprint density at radius 3 is 2.70 bits per heavy atom. The molecule has 2 saturated carbocycles. The molecule has 2 N–H and O–H groups in total. The van der Waals surface area contributed by atoms with Gasteiger partial charge in [0.25, 0.3) is 0 Å². The zero-order valence-corrected chi connectivity index (χ0v) is 16.0. The number of nitrogens with one attached hydrogen (secondary N) is 1. The van der Waals surface area contributed by atoms with Crippen molar-refractivity contribution in [2.75, 3.05) is 0 Å². The molecule has 144 valence electrons. The molecule has 1 aromatic heterocycles. The third kappa shape index (κ3) is 2.33. The van der Waals surface area contributed by atoms with Crippen molar-refractivity contribution in [2.45, 2.75) is 76.4 Å². The number of rotatable bonds is 2. The van der Waals surface area contributed by atoms with Gasteiger partial charge in [-0.3, -0.25) is 4.79 Å². The largest absolute Gasteiger partial charge is 0.481 e. The van der Waals surface area contributed by atoms with Crippen LogP contribution in [0.4, 0.5) is 4.79 Å². The first kappa shape index (κ1) is 17.0. The fraction of sp³-hybridized carbons (Fsp3) is 0.700. The van der Waals surface area contributed by atoms with Crippen molar-refractivity contribution < 1.29 is 14.7 Å². The molecule has 2 aliphatic heterocycles. The SMILES string of the molecule is CC(C)(C)c1ncc2c(n1)CC1CCC2N1C(=O)N[C@@H]1C[C@]2(C(=O)O)C[C@H]12. The lowest BCUT2D eigenvalue weighted by Crippen LogP contribution is -2.54. The highest BCUT2D eigenvalue weighted by Gasteiger charge is 2.72. The fourth-order valence-electron chi connectivity index (χ4n) is 5.34. The summed E-state index contributed by atoms with van der Waals surface area (Å²) in [6.07, 6.45) is 5.87. The van der Waals surface area contributed by atoms with Crippen molar-refractivity contribution in [1.29, 1.82) is 0 Å². The van der Waals surface area contributed by atoms with Crippen LogP contribution in [0.1, 0.15) is 69.6 Å². The maximum Gasteiger partial charge on any atom is 0.318 e. The van der Waals surface area contributed by atoms with E-state index in [1.807, 2.05) is 11.1 Å². The van der Waals surface area contributed by atoms with Gasteiger partial charge in [-0.05, 0) is 31.6 Å². The Labute approximate surface area is 158 Å². The highest BCUT2D eigenvalue weighted by atomic mass is 16.4. The highest BCUT2D eigenvalue weighted by molar-refractivity contribution is 5.83. The quantitative estimate of drug-likeness (QED) is 0.833. The van der Waals surface area contributed by atoms with Crippen molar-refractivity contribution in [2.24, 2.45) is 11.3 Å². The molecule has 1 saturated heterocycles. The molecular weight excluding hydrogens is 344 g/mol. The maximum absolute atomic E-state index is 13.0. The molecule has 0 aromatic carbocycles. The highest BCUT2D eigenvalue weighted by Crippen LogP contribution is 2.67. The van der Waals surface area contributed by atoms with Crippen LogP contribution in [-0.4, -0.2) is 44.1 Å². The molecule has 2 bridgehead atoms. The molecule has 7 heteroatoms. The van der Waals surface area contributed by atoms with Gasteiger partial charge < -0.3 is 15.3 Å². The van der Waals surface area contributed by atoms with Gasteiger partial charge in [-0.25, -0.2) is 14.8 Å². The second-order valence-electron chi connectivity index (χ2n) is 9.74. The molecule has 27 heavy (non-hydrogen) atoms. The average Bonchev–Trinajstić information content (AvgIpc) is 3.08. The van der Waals surface area contributed by atoms with Crippen LogP contribution in [0.15, 0.2) is 6.20 Å². The molecule has 0 spiro atoms. The van der Waals surface area contributed by atoms with Crippen molar-refractivity contribution in [3.63, 3.8) is 0 Å². The first-order valence-corrected chi connectivity index (χ1v) is 9.89.